The summed E-state index contributed by atoms with van der Waals surface area (Å²) in [6.45, 7) is 1.22. The second-order valence-corrected chi connectivity index (χ2v) is 12.3. The third-order valence-electron chi connectivity index (χ3n) is 7.69. The van der Waals surface area contributed by atoms with Crippen molar-refractivity contribution in [2.75, 3.05) is 0 Å². The van der Waals surface area contributed by atoms with E-state index in [-0.39, 0.29) is 0 Å². The molecule has 0 aliphatic carbocycles. The fraction of sp³-hybridized carbons (Fsp3) is 0.111. The number of carboxylic acids is 1. The number of para-hydroxylation sites is 2. The van der Waals surface area contributed by atoms with Gasteiger partial charge in [-0.2, -0.15) is 13.2 Å². The summed E-state index contributed by atoms with van der Waals surface area (Å²) >= 11 is 0.835. The number of hydrogen-bond acceptors (Lipinski definition) is 4. The van der Waals surface area contributed by atoms with E-state index < -0.39 is 45.1 Å². The molecule has 1 aromatic heterocycles. The maximum atomic E-state index is 14.6. The summed E-state index contributed by atoms with van der Waals surface area (Å²) in [5.74, 6) is -4.01. The number of nitrogens with one attached hydrogen (secondary N) is 1. The molecule has 1 heterocycles. The second-order valence-electron chi connectivity index (χ2n) is 10.8. The Hall–Kier alpha value is -5.09. The number of carboxylic acid groups (broad SMARTS) is 1. The molecule has 5 aromatic carbocycles. The summed E-state index contributed by atoms with van der Waals surface area (Å²) in [6, 6.07) is 31.5. The van der Waals surface area contributed by atoms with Crippen LogP contribution in [0, 0.1) is 5.82 Å². The zero-order valence-electron chi connectivity index (χ0n) is 24.1. The summed E-state index contributed by atoms with van der Waals surface area (Å²) < 4.78 is 61.0. The zero-order chi connectivity index (χ0) is 32.6. The molecule has 0 saturated carbocycles. The van der Waals surface area contributed by atoms with Crippen molar-refractivity contribution >= 4 is 45.6 Å². The second kappa shape index (κ2) is 12.0. The number of hydrogen-bond donors (Lipinski definition) is 2. The molecule has 46 heavy (non-hydrogen) atoms. The van der Waals surface area contributed by atoms with Gasteiger partial charge in [0.05, 0.1) is 16.4 Å². The average molecular weight is 644 g/mol. The van der Waals surface area contributed by atoms with Crippen molar-refractivity contribution in [3.05, 3.63) is 143 Å². The normalized spacial score (nSPS) is 13.8. The molecule has 0 saturated heterocycles. The van der Waals surface area contributed by atoms with Gasteiger partial charge in [0.1, 0.15) is 17.0 Å². The highest BCUT2D eigenvalue weighted by molar-refractivity contribution is 8.01. The van der Waals surface area contributed by atoms with E-state index in [0.717, 1.165) is 33.7 Å². The molecule has 1 amide bonds. The van der Waals surface area contributed by atoms with Crippen LogP contribution in [0.2, 0.25) is 0 Å². The molecule has 0 fully saturated rings. The van der Waals surface area contributed by atoms with E-state index in [2.05, 4.69) is 5.32 Å². The zero-order valence-corrected chi connectivity index (χ0v) is 25.0. The van der Waals surface area contributed by atoms with Crippen molar-refractivity contribution in [1.29, 1.82) is 0 Å². The van der Waals surface area contributed by atoms with Crippen molar-refractivity contribution < 1.29 is 36.7 Å². The SMILES string of the molecule is CC(NC(=O)c1cc(C(F)(F)F)ccc1F)(SC(c1ccc(-c2ccccc2)cc1)c1cccc2c1oc1ccccc12)C(=O)O. The topological polar surface area (TPSA) is 79.5 Å². The number of amides is 1. The van der Waals surface area contributed by atoms with E-state index in [0.29, 0.717) is 40.5 Å². The van der Waals surface area contributed by atoms with Crippen LogP contribution >= 0.6 is 11.8 Å². The van der Waals surface area contributed by atoms with E-state index >= 15 is 0 Å². The van der Waals surface area contributed by atoms with Crippen LogP contribution in [-0.2, 0) is 11.0 Å². The Morgan fingerprint density at radius 1 is 0.804 bits per heavy atom. The van der Waals surface area contributed by atoms with E-state index in [1.165, 1.54) is 6.92 Å². The van der Waals surface area contributed by atoms with Crippen LogP contribution in [0.1, 0.15) is 39.2 Å². The maximum absolute atomic E-state index is 14.6. The van der Waals surface area contributed by atoms with Gasteiger partial charge in [0, 0.05) is 16.3 Å². The smallest absolute Gasteiger partial charge is 0.416 e. The average Bonchev–Trinajstić information content (AvgIpc) is 3.43. The molecule has 0 spiro atoms. The Morgan fingerprint density at radius 2 is 1.46 bits per heavy atom. The third-order valence-corrected chi connectivity index (χ3v) is 9.20. The quantitative estimate of drug-likeness (QED) is 0.128. The molecule has 0 aliphatic heterocycles. The molecule has 5 nitrogen and oxygen atoms in total. The van der Waals surface area contributed by atoms with E-state index in [1.807, 2.05) is 91.0 Å². The van der Waals surface area contributed by atoms with Gasteiger partial charge in [-0.15, -0.1) is 11.8 Å². The largest absolute Gasteiger partial charge is 0.479 e. The highest BCUT2D eigenvalue weighted by atomic mass is 32.2. The number of halogens is 4. The number of aliphatic carboxylic acids is 1. The fourth-order valence-electron chi connectivity index (χ4n) is 5.30. The van der Waals surface area contributed by atoms with Crippen molar-refractivity contribution in [3.63, 3.8) is 0 Å². The van der Waals surface area contributed by atoms with Gasteiger partial charge >= 0.3 is 12.1 Å². The standard InChI is InChI=1S/C36H25F4NO4S/c1-35(34(43)44,41-33(42)28-20-24(36(38,39)40)18-19-29(28)37)46-32(23-16-14-22(15-17-23)21-8-3-2-4-9-21)27-12-7-11-26-25-10-5-6-13-30(25)45-31(26)27/h2-20,32H,1H3,(H,41,42)(H,43,44). The summed E-state index contributed by atoms with van der Waals surface area (Å²) in [7, 11) is 0. The van der Waals surface area contributed by atoms with Crippen molar-refractivity contribution in [2.45, 2.75) is 23.2 Å². The lowest BCUT2D eigenvalue weighted by Gasteiger charge is -2.31. The van der Waals surface area contributed by atoms with Gasteiger partial charge < -0.3 is 14.8 Å². The van der Waals surface area contributed by atoms with Crippen molar-refractivity contribution in [1.82, 2.24) is 5.32 Å². The number of alkyl halides is 3. The number of benzene rings is 5. The predicted octanol–water partition coefficient (Wildman–Crippen LogP) is 9.46. The highest BCUT2D eigenvalue weighted by Crippen LogP contribution is 2.46. The van der Waals surface area contributed by atoms with Crippen LogP contribution in [0.15, 0.2) is 120 Å². The number of carbonyl (C=O) groups is 2. The first kappa shape index (κ1) is 30.9. The number of carbonyl (C=O) groups excluding carboxylic acids is 1. The molecule has 2 unspecified atom stereocenters. The van der Waals surface area contributed by atoms with Crippen LogP contribution in [0.4, 0.5) is 17.6 Å². The molecular formula is C36H25F4NO4S. The molecule has 0 aliphatic rings. The van der Waals surface area contributed by atoms with Gasteiger partial charge in [0.15, 0.2) is 4.87 Å². The van der Waals surface area contributed by atoms with E-state index in [4.69, 9.17) is 4.42 Å². The first-order valence-electron chi connectivity index (χ1n) is 14.1. The Kier molecular flexibility index (Phi) is 8.08. The lowest BCUT2D eigenvalue weighted by molar-refractivity contribution is -0.140. The Labute approximate surface area is 264 Å². The van der Waals surface area contributed by atoms with E-state index in [1.54, 1.807) is 6.07 Å². The summed E-state index contributed by atoms with van der Waals surface area (Å²) in [5.41, 5.74) is 2.15. The summed E-state index contributed by atoms with van der Waals surface area (Å²) in [5, 5.41) is 13.6. The molecular weight excluding hydrogens is 618 g/mol. The number of rotatable bonds is 8. The third kappa shape index (κ3) is 5.95. The van der Waals surface area contributed by atoms with Crippen LogP contribution < -0.4 is 5.32 Å². The Balaban J connectivity index is 1.44. The van der Waals surface area contributed by atoms with Gasteiger partial charge in [-0.3, -0.25) is 4.79 Å². The van der Waals surface area contributed by atoms with Crippen LogP contribution in [0.3, 0.4) is 0 Å². The lowest BCUT2D eigenvalue weighted by atomic mass is 9.98. The van der Waals surface area contributed by atoms with Crippen LogP contribution in [0.5, 0.6) is 0 Å². The molecule has 6 rings (SSSR count). The van der Waals surface area contributed by atoms with Crippen LogP contribution in [-0.4, -0.2) is 21.9 Å². The minimum Gasteiger partial charge on any atom is -0.479 e. The van der Waals surface area contributed by atoms with Gasteiger partial charge in [-0.05, 0) is 47.9 Å². The van der Waals surface area contributed by atoms with Gasteiger partial charge in [0.2, 0.25) is 0 Å². The minimum atomic E-state index is -4.84. The molecule has 6 aromatic rings. The van der Waals surface area contributed by atoms with Crippen LogP contribution in [0.25, 0.3) is 33.1 Å². The number of thioether (sulfide) groups is 1. The van der Waals surface area contributed by atoms with Gasteiger partial charge in [-0.25, -0.2) is 9.18 Å². The number of furan rings is 1. The first-order valence-corrected chi connectivity index (χ1v) is 15.0. The minimum absolute atomic E-state index is 0.368. The molecule has 2 N–H and O–H groups in total. The predicted molar refractivity (Wildman–Crippen MR) is 170 cm³/mol. The van der Waals surface area contributed by atoms with Gasteiger partial charge in [-0.1, -0.05) is 91.0 Å². The molecule has 0 radical (unpaired) electrons. The van der Waals surface area contributed by atoms with Crippen molar-refractivity contribution in [3.8, 4) is 11.1 Å². The van der Waals surface area contributed by atoms with E-state index in [9.17, 15) is 32.3 Å². The first-order chi connectivity index (χ1) is 21.9. The Bertz CT molecular complexity index is 2080. The maximum Gasteiger partial charge on any atom is 0.416 e. The fourth-order valence-corrected chi connectivity index (χ4v) is 6.63. The molecule has 2 atom stereocenters. The highest BCUT2D eigenvalue weighted by Gasteiger charge is 2.41. The monoisotopic (exact) mass is 643 g/mol. The number of fused-ring (bicyclic) bond motifs is 3. The molecule has 232 valence electrons. The lowest BCUT2D eigenvalue weighted by Crippen LogP contribution is -2.50. The van der Waals surface area contributed by atoms with Gasteiger partial charge in [0.25, 0.3) is 5.91 Å². The van der Waals surface area contributed by atoms with Crippen molar-refractivity contribution in [2.24, 2.45) is 0 Å². The summed E-state index contributed by atoms with van der Waals surface area (Å²) in [6.07, 6.45) is -4.84. The Morgan fingerprint density at radius 3 is 2.15 bits per heavy atom. The molecule has 0 bridgehead atoms. The molecule has 10 heteroatoms. The summed E-state index contributed by atoms with van der Waals surface area (Å²) in [4.78, 5) is 23.9.